The molecule has 2 nitrogen and oxygen atoms in total. The summed E-state index contributed by atoms with van der Waals surface area (Å²) in [4.78, 5) is 0. The van der Waals surface area contributed by atoms with Gasteiger partial charge in [0, 0.05) is 12.6 Å². The highest BCUT2D eigenvalue weighted by Crippen LogP contribution is 2.30. The zero-order valence-corrected chi connectivity index (χ0v) is 12.8. The van der Waals surface area contributed by atoms with Crippen molar-refractivity contribution in [2.45, 2.75) is 31.7 Å². The van der Waals surface area contributed by atoms with Crippen LogP contribution in [0.3, 0.4) is 0 Å². The highest BCUT2D eigenvalue weighted by atomic mass is 19.4. The van der Waals surface area contributed by atoms with Crippen molar-refractivity contribution in [3.63, 3.8) is 0 Å². The Bertz CT molecular complexity index is 613. The molecule has 0 heterocycles. The Morgan fingerprint density at radius 2 is 1.74 bits per heavy atom. The van der Waals surface area contributed by atoms with Crippen LogP contribution in [0.5, 0.6) is 0 Å². The normalized spacial score (nSPS) is 14.5. The second-order valence-electron chi connectivity index (χ2n) is 5.64. The van der Waals surface area contributed by atoms with Crippen LogP contribution in [0.4, 0.5) is 13.2 Å². The summed E-state index contributed by atoms with van der Waals surface area (Å²) in [5, 5.41) is 13.3. The van der Waals surface area contributed by atoms with Crippen LogP contribution in [-0.2, 0) is 12.6 Å². The van der Waals surface area contributed by atoms with Crippen LogP contribution < -0.4 is 5.32 Å². The smallest absolute Gasteiger partial charge is 0.387 e. The van der Waals surface area contributed by atoms with Crippen molar-refractivity contribution < 1.29 is 18.3 Å². The average Bonchev–Trinajstić information content (AvgIpc) is 2.53. The number of rotatable bonds is 6. The van der Waals surface area contributed by atoms with Crippen molar-refractivity contribution >= 4 is 0 Å². The van der Waals surface area contributed by atoms with Crippen molar-refractivity contribution in [3.8, 4) is 0 Å². The monoisotopic (exact) mass is 323 g/mol. The molecular formula is C18H20F3NO. The molecule has 0 amide bonds. The maximum atomic E-state index is 12.7. The van der Waals surface area contributed by atoms with E-state index in [0.29, 0.717) is 0 Å². The van der Waals surface area contributed by atoms with Crippen molar-refractivity contribution in [3.05, 3.63) is 71.3 Å². The van der Waals surface area contributed by atoms with E-state index in [9.17, 15) is 18.3 Å². The molecule has 0 unspecified atom stereocenters. The molecule has 2 aromatic rings. The fraction of sp³-hybridized carbons (Fsp3) is 0.333. The molecule has 5 heteroatoms. The van der Waals surface area contributed by atoms with E-state index in [1.165, 1.54) is 17.7 Å². The molecule has 0 fully saturated rings. The zero-order chi connectivity index (χ0) is 16.9. The summed E-state index contributed by atoms with van der Waals surface area (Å²) in [6.45, 7) is 2.18. The molecule has 124 valence electrons. The maximum absolute atomic E-state index is 12.7. The first-order chi connectivity index (χ1) is 10.9. The Kier molecular flexibility index (Phi) is 5.80. The summed E-state index contributed by atoms with van der Waals surface area (Å²) in [6, 6.07) is 14.8. The van der Waals surface area contributed by atoms with Gasteiger partial charge in [-0.15, -0.1) is 0 Å². The van der Waals surface area contributed by atoms with Gasteiger partial charge in [0.05, 0.1) is 11.7 Å². The summed E-state index contributed by atoms with van der Waals surface area (Å²) in [6.07, 6.45) is -4.59. The second-order valence-corrected chi connectivity index (χ2v) is 5.64. The Labute approximate surface area is 134 Å². The number of aliphatic hydroxyl groups is 1. The lowest BCUT2D eigenvalue weighted by Gasteiger charge is -2.18. The summed E-state index contributed by atoms with van der Waals surface area (Å²) in [5.74, 6) is 0. The topological polar surface area (TPSA) is 32.3 Å². The standard InChI is InChI=1S/C18H20F3NO/c1-13(10-14-6-3-2-4-7-14)22-12-17(23)15-8-5-9-16(11-15)18(19,20)21/h2-9,11,13,17,22-23H,10,12H2,1H3/t13-,17+/m1/s1. The van der Waals surface area contributed by atoms with Gasteiger partial charge in [0.25, 0.3) is 0 Å². The summed E-state index contributed by atoms with van der Waals surface area (Å²) < 4.78 is 38.1. The molecule has 0 aliphatic carbocycles. The Hall–Kier alpha value is -1.85. The van der Waals surface area contributed by atoms with Crippen LogP contribution in [0, 0.1) is 0 Å². The van der Waals surface area contributed by atoms with E-state index in [2.05, 4.69) is 5.32 Å². The number of halogens is 3. The first-order valence-corrected chi connectivity index (χ1v) is 7.49. The molecule has 0 aliphatic rings. The molecule has 0 bridgehead atoms. The highest BCUT2D eigenvalue weighted by Gasteiger charge is 2.30. The quantitative estimate of drug-likeness (QED) is 0.843. The van der Waals surface area contributed by atoms with Crippen LogP contribution in [0.2, 0.25) is 0 Å². The second kappa shape index (κ2) is 7.62. The first kappa shape index (κ1) is 17.5. The summed E-state index contributed by atoms with van der Waals surface area (Å²) in [5.41, 5.74) is 0.687. The Morgan fingerprint density at radius 3 is 2.39 bits per heavy atom. The third-order valence-corrected chi connectivity index (χ3v) is 3.64. The van der Waals surface area contributed by atoms with Crippen LogP contribution >= 0.6 is 0 Å². The van der Waals surface area contributed by atoms with E-state index in [-0.39, 0.29) is 18.2 Å². The third kappa shape index (κ3) is 5.37. The fourth-order valence-corrected chi connectivity index (χ4v) is 2.39. The highest BCUT2D eigenvalue weighted by molar-refractivity contribution is 5.27. The van der Waals surface area contributed by atoms with Crippen molar-refractivity contribution in [1.29, 1.82) is 0 Å². The van der Waals surface area contributed by atoms with E-state index in [4.69, 9.17) is 0 Å². The summed E-state index contributed by atoms with van der Waals surface area (Å²) >= 11 is 0. The van der Waals surface area contributed by atoms with Crippen LogP contribution in [0.15, 0.2) is 54.6 Å². The number of alkyl halides is 3. The van der Waals surface area contributed by atoms with Gasteiger partial charge in [-0.3, -0.25) is 0 Å². The van der Waals surface area contributed by atoms with Crippen molar-refractivity contribution in [2.75, 3.05) is 6.54 Å². The minimum Gasteiger partial charge on any atom is -0.387 e. The third-order valence-electron chi connectivity index (χ3n) is 3.64. The molecule has 2 atom stereocenters. The maximum Gasteiger partial charge on any atom is 0.416 e. The Morgan fingerprint density at radius 1 is 1.04 bits per heavy atom. The molecular weight excluding hydrogens is 303 g/mol. The van der Waals surface area contributed by atoms with Gasteiger partial charge in [-0.1, -0.05) is 42.5 Å². The lowest BCUT2D eigenvalue weighted by atomic mass is 10.0. The molecule has 0 radical (unpaired) electrons. The lowest BCUT2D eigenvalue weighted by molar-refractivity contribution is -0.137. The number of hydrogen-bond acceptors (Lipinski definition) is 2. The van der Waals surface area contributed by atoms with Crippen molar-refractivity contribution in [2.24, 2.45) is 0 Å². The van der Waals surface area contributed by atoms with Crippen LogP contribution in [-0.4, -0.2) is 17.7 Å². The summed E-state index contributed by atoms with van der Waals surface area (Å²) in [7, 11) is 0. The Balaban J connectivity index is 1.90. The minimum atomic E-state index is -4.40. The number of aliphatic hydroxyl groups excluding tert-OH is 1. The van der Waals surface area contributed by atoms with Gasteiger partial charge >= 0.3 is 6.18 Å². The van der Waals surface area contributed by atoms with Crippen LogP contribution in [0.25, 0.3) is 0 Å². The zero-order valence-electron chi connectivity index (χ0n) is 12.8. The largest absolute Gasteiger partial charge is 0.416 e. The van der Waals surface area contributed by atoms with Crippen LogP contribution in [0.1, 0.15) is 29.7 Å². The molecule has 0 aromatic heterocycles. The van der Waals surface area contributed by atoms with E-state index in [1.807, 2.05) is 37.3 Å². The number of nitrogens with one attached hydrogen (secondary N) is 1. The number of benzene rings is 2. The van der Waals surface area contributed by atoms with E-state index in [0.717, 1.165) is 18.6 Å². The van der Waals surface area contributed by atoms with Gasteiger partial charge in [-0.2, -0.15) is 13.2 Å². The van der Waals surface area contributed by atoms with Crippen molar-refractivity contribution in [1.82, 2.24) is 5.32 Å². The SMILES string of the molecule is C[C@H](Cc1ccccc1)NC[C@H](O)c1cccc(C(F)(F)F)c1. The molecule has 2 rings (SSSR count). The van der Waals surface area contributed by atoms with E-state index < -0.39 is 17.8 Å². The first-order valence-electron chi connectivity index (χ1n) is 7.49. The molecule has 0 saturated heterocycles. The fourth-order valence-electron chi connectivity index (χ4n) is 2.39. The average molecular weight is 323 g/mol. The molecule has 0 aliphatic heterocycles. The van der Waals surface area contributed by atoms with Gasteiger partial charge in [-0.25, -0.2) is 0 Å². The van der Waals surface area contributed by atoms with Gasteiger partial charge in [0.15, 0.2) is 0 Å². The molecule has 0 spiro atoms. The molecule has 0 saturated carbocycles. The molecule has 2 aromatic carbocycles. The van der Waals surface area contributed by atoms with E-state index in [1.54, 1.807) is 0 Å². The molecule has 23 heavy (non-hydrogen) atoms. The van der Waals surface area contributed by atoms with Gasteiger partial charge in [-0.05, 0) is 36.6 Å². The molecule has 2 N–H and O–H groups in total. The minimum absolute atomic E-state index is 0.109. The number of hydrogen-bond donors (Lipinski definition) is 2. The predicted molar refractivity (Wildman–Crippen MR) is 84.0 cm³/mol. The van der Waals surface area contributed by atoms with Gasteiger partial charge in [0.1, 0.15) is 0 Å². The predicted octanol–water partition coefficient (Wildman–Crippen LogP) is 3.96. The van der Waals surface area contributed by atoms with Gasteiger partial charge in [0.2, 0.25) is 0 Å². The van der Waals surface area contributed by atoms with Gasteiger partial charge < -0.3 is 10.4 Å². The van der Waals surface area contributed by atoms with E-state index >= 15 is 0 Å². The lowest BCUT2D eigenvalue weighted by Crippen LogP contribution is -2.32.